The van der Waals surface area contributed by atoms with Gasteiger partial charge in [0.05, 0.1) is 5.75 Å². The standard InChI is InChI=1S/C21H26N2O5S/c1-3-4-14-29(26,27)23-16(2)21(25)28-15-20(24)22-19-13-9-8-12-18(19)17-10-6-5-7-11-17/h5-13,16,23H,3-4,14-15H2,1-2H3,(H,22,24)/t16-/m0/s1. The maximum atomic E-state index is 12.2. The van der Waals surface area contributed by atoms with Gasteiger partial charge in [-0.25, -0.2) is 13.1 Å². The third-order valence-electron chi connectivity index (χ3n) is 4.11. The van der Waals surface area contributed by atoms with Crippen molar-refractivity contribution in [3.63, 3.8) is 0 Å². The third kappa shape index (κ3) is 7.32. The fraction of sp³-hybridized carbons (Fsp3) is 0.333. The second-order valence-corrected chi connectivity index (χ2v) is 8.45. The molecule has 0 unspecified atom stereocenters. The van der Waals surface area contributed by atoms with Gasteiger partial charge in [0.1, 0.15) is 6.04 Å². The van der Waals surface area contributed by atoms with Crippen LogP contribution in [0.3, 0.4) is 0 Å². The van der Waals surface area contributed by atoms with E-state index in [1.807, 2.05) is 49.4 Å². The summed E-state index contributed by atoms with van der Waals surface area (Å²) < 4.78 is 30.9. The summed E-state index contributed by atoms with van der Waals surface area (Å²) in [4.78, 5) is 24.2. The van der Waals surface area contributed by atoms with Gasteiger partial charge in [0, 0.05) is 11.3 Å². The van der Waals surface area contributed by atoms with E-state index in [1.165, 1.54) is 6.92 Å². The molecule has 7 nitrogen and oxygen atoms in total. The Kier molecular flexibility index (Phi) is 8.35. The Labute approximate surface area is 171 Å². The third-order valence-corrected chi connectivity index (χ3v) is 5.65. The summed E-state index contributed by atoms with van der Waals surface area (Å²) in [7, 11) is -3.56. The van der Waals surface area contributed by atoms with Gasteiger partial charge >= 0.3 is 5.97 Å². The molecule has 0 spiro atoms. The molecular weight excluding hydrogens is 392 g/mol. The van der Waals surface area contributed by atoms with Crippen LogP contribution in [-0.4, -0.2) is 38.7 Å². The van der Waals surface area contributed by atoms with Crippen LogP contribution in [0.1, 0.15) is 26.7 Å². The molecule has 0 aliphatic rings. The molecule has 0 aromatic heterocycles. The van der Waals surface area contributed by atoms with Crippen LogP contribution in [0.5, 0.6) is 0 Å². The lowest BCUT2D eigenvalue weighted by atomic mass is 10.0. The molecule has 0 bridgehead atoms. The van der Waals surface area contributed by atoms with Gasteiger partial charge in [-0.05, 0) is 25.0 Å². The van der Waals surface area contributed by atoms with Crippen molar-refractivity contribution in [3.8, 4) is 11.1 Å². The molecule has 0 saturated carbocycles. The van der Waals surface area contributed by atoms with E-state index in [2.05, 4.69) is 10.0 Å². The molecule has 156 valence electrons. The van der Waals surface area contributed by atoms with E-state index in [1.54, 1.807) is 12.1 Å². The van der Waals surface area contributed by atoms with E-state index in [-0.39, 0.29) is 5.75 Å². The molecule has 0 radical (unpaired) electrons. The molecule has 29 heavy (non-hydrogen) atoms. The van der Waals surface area contributed by atoms with E-state index >= 15 is 0 Å². The highest BCUT2D eigenvalue weighted by Gasteiger charge is 2.22. The SMILES string of the molecule is CCCCS(=O)(=O)N[C@@H](C)C(=O)OCC(=O)Nc1ccccc1-c1ccccc1. The number of nitrogens with one attached hydrogen (secondary N) is 2. The van der Waals surface area contributed by atoms with E-state index in [0.717, 1.165) is 17.5 Å². The first-order valence-corrected chi connectivity index (χ1v) is 11.1. The molecule has 0 fully saturated rings. The first-order chi connectivity index (χ1) is 13.8. The highest BCUT2D eigenvalue weighted by atomic mass is 32.2. The van der Waals surface area contributed by atoms with Crippen LogP contribution in [0, 0.1) is 0 Å². The van der Waals surface area contributed by atoms with Crippen LogP contribution in [0.25, 0.3) is 11.1 Å². The van der Waals surface area contributed by atoms with E-state index in [0.29, 0.717) is 12.1 Å². The Hall–Kier alpha value is -2.71. The highest BCUT2D eigenvalue weighted by Crippen LogP contribution is 2.27. The maximum Gasteiger partial charge on any atom is 0.324 e. The van der Waals surface area contributed by atoms with Crippen LogP contribution in [-0.2, 0) is 24.3 Å². The maximum absolute atomic E-state index is 12.2. The number of hydrogen-bond acceptors (Lipinski definition) is 5. The largest absolute Gasteiger partial charge is 0.454 e. The van der Waals surface area contributed by atoms with Gasteiger partial charge in [0.15, 0.2) is 6.61 Å². The molecule has 0 saturated heterocycles. The van der Waals surface area contributed by atoms with Gasteiger partial charge < -0.3 is 10.1 Å². The molecule has 0 aliphatic carbocycles. The first-order valence-electron chi connectivity index (χ1n) is 9.43. The van der Waals surface area contributed by atoms with E-state index < -0.39 is 34.5 Å². The van der Waals surface area contributed by atoms with Crippen LogP contribution >= 0.6 is 0 Å². The number of ether oxygens (including phenoxy) is 1. The Balaban J connectivity index is 1.91. The summed E-state index contributed by atoms with van der Waals surface area (Å²) in [5.74, 6) is -1.38. The number of anilines is 1. The lowest BCUT2D eigenvalue weighted by molar-refractivity contribution is -0.148. The molecule has 1 atom stereocenters. The van der Waals surface area contributed by atoms with Crippen LogP contribution < -0.4 is 10.0 Å². The van der Waals surface area contributed by atoms with Gasteiger partial charge in [-0.15, -0.1) is 0 Å². The summed E-state index contributed by atoms with van der Waals surface area (Å²) in [6.45, 7) is 2.75. The zero-order valence-electron chi connectivity index (χ0n) is 16.6. The minimum atomic E-state index is -3.56. The Bertz CT molecular complexity index is 929. The van der Waals surface area contributed by atoms with Crippen LogP contribution in [0.4, 0.5) is 5.69 Å². The second kappa shape index (κ2) is 10.7. The zero-order valence-corrected chi connectivity index (χ0v) is 17.4. The molecule has 0 aliphatic heterocycles. The Morgan fingerprint density at radius 2 is 1.69 bits per heavy atom. The first kappa shape index (κ1) is 22.6. The minimum absolute atomic E-state index is 0.0577. The van der Waals surface area contributed by atoms with Crippen molar-refractivity contribution in [3.05, 3.63) is 54.6 Å². The molecule has 8 heteroatoms. The van der Waals surface area contributed by atoms with Crippen molar-refractivity contribution in [2.24, 2.45) is 0 Å². The van der Waals surface area contributed by atoms with E-state index in [9.17, 15) is 18.0 Å². The number of benzene rings is 2. The van der Waals surface area contributed by atoms with Gasteiger partial charge in [-0.2, -0.15) is 0 Å². The Morgan fingerprint density at radius 3 is 2.38 bits per heavy atom. The molecule has 0 heterocycles. The number of carbonyl (C=O) groups is 2. The summed E-state index contributed by atoms with van der Waals surface area (Å²) in [5, 5.41) is 2.72. The van der Waals surface area contributed by atoms with Crippen LogP contribution in [0.15, 0.2) is 54.6 Å². The highest BCUT2D eigenvalue weighted by molar-refractivity contribution is 7.89. The molecule has 2 aromatic carbocycles. The summed E-state index contributed by atoms with van der Waals surface area (Å²) in [6, 6.07) is 15.8. The number of rotatable bonds is 10. The number of carbonyl (C=O) groups excluding carboxylic acids is 2. The van der Waals surface area contributed by atoms with Crippen molar-refractivity contribution in [2.45, 2.75) is 32.7 Å². The summed E-state index contributed by atoms with van der Waals surface area (Å²) in [6.07, 6.45) is 1.23. The normalized spacial score (nSPS) is 12.2. The molecular formula is C21H26N2O5S. The summed E-state index contributed by atoms with van der Waals surface area (Å²) in [5.41, 5.74) is 2.37. The van der Waals surface area contributed by atoms with Gasteiger partial charge in [0.25, 0.3) is 5.91 Å². The number of hydrogen-bond donors (Lipinski definition) is 2. The van der Waals surface area contributed by atoms with Crippen molar-refractivity contribution < 1.29 is 22.7 Å². The lowest BCUT2D eigenvalue weighted by Crippen LogP contribution is -2.41. The predicted molar refractivity (Wildman–Crippen MR) is 113 cm³/mol. The zero-order chi connectivity index (χ0) is 21.3. The molecule has 2 rings (SSSR count). The van der Waals surface area contributed by atoms with Gasteiger partial charge in [0.2, 0.25) is 10.0 Å². The predicted octanol–water partition coefficient (Wildman–Crippen LogP) is 2.94. The van der Waals surface area contributed by atoms with Gasteiger partial charge in [-0.1, -0.05) is 61.9 Å². The number of sulfonamides is 1. The molecule has 2 aromatic rings. The topological polar surface area (TPSA) is 102 Å². The molecule has 1 amide bonds. The van der Waals surface area contributed by atoms with Crippen molar-refractivity contribution in [1.29, 1.82) is 0 Å². The fourth-order valence-corrected chi connectivity index (χ4v) is 4.04. The van der Waals surface area contributed by atoms with Crippen molar-refractivity contribution in [2.75, 3.05) is 17.7 Å². The summed E-state index contributed by atoms with van der Waals surface area (Å²) >= 11 is 0. The average Bonchev–Trinajstić information content (AvgIpc) is 2.71. The van der Waals surface area contributed by atoms with Crippen LogP contribution in [0.2, 0.25) is 0 Å². The Morgan fingerprint density at radius 1 is 1.03 bits per heavy atom. The monoisotopic (exact) mass is 418 g/mol. The minimum Gasteiger partial charge on any atom is -0.454 e. The number of unbranched alkanes of at least 4 members (excludes halogenated alkanes) is 1. The smallest absolute Gasteiger partial charge is 0.324 e. The quantitative estimate of drug-likeness (QED) is 0.578. The number of para-hydroxylation sites is 1. The fourth-order valence-electron chi connectivity index (χ4n) is 2.62. The second-order valence-electron chi connectivity index (χ2n) is 6.58. The van der Waals surface area contributed by atoms with Crippen molar-refractivity contribution >= 4 is 27.6 Å². The van der Waals surface area contributed by atoms with E-state index in [4.69, 9.17) is 4.74 Å². The average molecular weight is 419 g/mol. The number of amides is 1. The van der Waals surface area contributed by atoms with Crippen molar-refractivity contribution in [1.82, 2.24) is 4.72 Å². The van der Waals surface area contributed by atoms with Gasteiger partial charge in [-0.3, -0.25) is 9.59 Å². The molecule has 2 N–H and O–H groups in total. The lowest BCUT2D eigenvalue weighted by Gasteiger charge is -2.14. The number of esters is 1.